The van der Waals surface area contributed by atoms with Crippen LogP contribution in [0.4, 0.5) is 0 Å². The van der Waals surface area contributed by atoms with E-state index in [-0.39, 0.29) is 0 Å². The van der Waals surface area contributed by atoms with Crippen LogP contribution in [0.2, 0.25) is 0 Å². The van der Waals surface area contributed by atoms with E-state index in [4.69, 9.17) is 33.2 Å². The fraction of sp³-hybridized carbons (Fsp3) is 1.00. The molecule has 0 aromatic heterocycles. The molecule has 4 heterocycles. The van der Waals surface area contributed by atoms with Gasteiger partial charge in [0.25, 0.3) is 0 Å². The van der Waals surface area contributed by atoms with E-state index in [1.807, 2.05) is 0 Å². The monoisotopic (exact) mass is 666 g/mol. The highest BCUT2D eigenvalue weighted by atomic mass is 16.8. The molecule has 0 spiro atoms. The number of rotatable bonds is 13. The zero-order chi connectivity index (χ0) is 33.5. The van der Waals surface area contributed by atoms with Gasteiger partial charge in [0.1, 0.15) is 73.8 Å². The Morgan fingerprint density at radius 2 is 1.07 bits per heavy atom. The van der Waals surface area contributed by atoms with Crippen molar-refractivity contribution in [2.24, 2.45) is 0 Å². The molecular formula is C24H42O21. The van der Waals surface area contributed by atoms with Gasteiger partial charge < -0.3 is 105 Å². The van der Waals surface area contributed by atoms with Gasteiger partial charge in [-0.15, -0.1) is 0 Å². The molecule has 21 heteroatoms. The van der Waals surface area contributed by atoms with Crippen LogP contribution in [-0.4, -0.2) is 221 Å². The van der Waals surface area contributed by atoms with Crippen LogP contribution in [0.1, 0.15) is 0 Å². The fourth-order valence-corrected chi connectivity index (χ4v) is 5.60. The van der Waals surface area contributed by atoms with Crippen LogP contribution in [0.5, 0.6) is 0 Å². The van der Waals surface area contributed by atoms with Gasteiger partial charge >= 0.3 is 0 Å². The first-order valence-electron chi connectivity index (χ1n) is 14.0. The van der Waals surface area contributed by atoms with Crippen LogP contribution < -0.4 is 0 Å². The molecule has 0 amide bonds. The number of aliphatic hydroxyl groups is 14. The zero-order valence-corrected chi connectivity index (χ0v) is 23.7. The summed E-state index contributed by atoms with van der Waals surface area (Å²) >= 11 is 0. The zero-order valence-electron chi connectivity index (χ0n) is 23.7. The maximum absolute atomic E-state index is 11.4. The molecule has 21 nitrogen and oxygen atoms in total. The maximum atomic E-state index is 11.4. The van der Waals surface area contributed by atoms with E-state index >= 15 is 0 Å². The van der Waals surface area contributed by atoms with E-state index < -0.39 is 149 Å². The topological polar surface area (TPSA) is 348 Å². The molecule has 0 aromatic carbocycles. The highest BCUT2D eigenvalue weighted by Gasteiger charge is 2.63. The smallest absolute Gasteiger partial charge is 0.221 e. The Morgan fingerprint density at radius 3 is 1.58 bits per heavy atom. The van der Waals surface area contributed by atoms with Gasteiger partial charge in [-0.2, -0.15) is 0 Å². The second kappa shape index (κ2) is 14.3. The number of ether oxygens (including phenoxy) is 7. The van der Waals surface area contributed by atoms with E-state index in [1.54, 1.807) is 0 Å². The molecule has 17 atom stereocenters. The second-order valence-electron chi connectivity index (χ2n) is 11.4. The summed E-state index contributed by atoms with van der Waals surface area (Å²) in [6, 6.07) is 0. The predicted octanol–water partition coefficient (Wildman–Crippen LogP) is -9.74. The van der Waals surface area contributed by atoms with Crippen LogP contribution in [0, 0.1) is 0 Å². The molecule has 264 valence electrons. The Kier molecular flexibility index (Phi) is 11.8. The molecule has 45 heavy (non-hydrogen) atoms. The SMILES string of the molecule is OCC1O[C@H](O[C@@H]2O[C@H](CO)C(O)[C@]2(O)CO[C@@H]2O[C@H](CO)C(O)[C@]2(O)CO[C@]2(CO)O[C@H](CO)C(O)[C@H]2O)C(O)[C@H](O)[C@@H]1O. The van der Waals surface area contributed by atoms with Gasteiger partial charge in [-0.3, -0.25) is 0 Å². The second-order valence-corrected chi connectivity index (χ2v) is 11.4. The van der Waals surface area contributed by atoms with E-state index in [0.717, 1.165) is 0 Å². The van der Waals surface area contributed by atoms with Crippen molar-refractivity contribution in [2.75, 3.05) is 46.2 Å². The Bertz CT molecular complexity index is 962. The van der Waals surface area contributed by atoms with Crippen molar-refractivity contribution in [3.05, 3.63) is 0 Å². The van der Waals surface area contributed by atoms with Crippen LogP contribution in [-0.2, 0) is 33.2 Å². The quantitative estimate of drug-likeness (QED) is 0.0867. The lowest BCUT2D eigenvalue weighted by Gasteiger charge is -2.42. The fourth-order valence-electron chi connectivity index (χ4n) is 5.60. The third-order valence-electron chi connectivity index (χ3n) is 8.53. The third-order valence-corrected chi connectivity index (χ3v) is 8.53. The summed E-state index contributed by atoms with van der Waals surface area (Å²) in [5.41, 5.74) is -5.36. The van der Waals surface area contributed by atoms with Crippen LogP contribution in [0.25, 0.3) is 0 Å². The summed E-state index contributed by atoms with van der Waals surface area (Å²) < 4.78 is 37.6. The molecular weight excluding hydrogens is 624 g/mol. The summed E-state index contributed by atoms with van der Waals surface area (Å²) in [7, 11) is 0. The normalized spacial score (nSPS) is 52.1. The standard InChI is InChI=1S/C24H42O21/c25-1-8-12(30)14(32)15(33)19(41-8)44-21-22(37,16(34)11(4-28)43-21)6-39-20-23(38,17(35)10(3-27)42-20)7-40-24(5-29)18(36)13(31)9(2-26)45-24/h8-21,25-38H,1-7H2/t8?,9-,10-,11-,12-,13?,14-,15?,16?,17?,18-,19-,20-,21+,22-,23-,24-/m1/s1. The maximum Gasteiger partial charge on any atom is 0.221 e. The van der Waals surface area contributed by atoms with Gasteiger partial charge in [0.05, 0.1) is 39.6 Å². The van der Waals surface area contributed by atoms with Crippen molar-refractivity contribution in [3.8, 4) is 0 Å². The highest BCUT2D eigenvalue weighted by molar-refractivity contribution is 5.05. The third kappa shape index (κ3) is 6.49. The minimum atomic E-state index is -2.69. The van der Waals surface area contributed by atoms with Gasteiger partial charge in [-0.25, -0.2) is 0 Å². The summed E-state index contributed by atoms with van der Waals surface area (Å²) in [5, 5.41) is 143. The summed E-state index contributed by atoms with van der Waals surface area (Å²) in [6.07, 6.45) is -25.1. The van der Waals surface area contributed by atoms with Crippen molar-refractivity contribution >= 4 is 0 Å². The van der Waals surface area contributed by atoms with Crippen molar-refractivity contribution < 1.29 is 105 Å². The van der Waals surface area contributed by atoms with Crippen molar-refractivity contribution in [1.29, 1.82) is 0 Å². The number of aliphatic hydroxyl groups excluding tert-OH is 12. The first kappa shape index (κ1) is 37.0. The minimum absolute atomic E-state index is 0.790. The van der Waals surface area contributed by atoms with Crippen molar-refractivity contribution in [3.63, 3.8) is 0 Å². The molecule has 5 unspecified atom stereocenters. The van der Waals surface area contributed by atoms with Crippen molar-refractivity contribution in [1.82, 2.24) is 0 Å². The van der Waals surface area contributed by atoms with Crippen LogP contribution >= 0.6 is 0 Å². The summed E-state index contributed by atoms with van der Waals surface area (Å²) in [4.78, 5) is 0. The van der Waals surface area contributed by atoms with E-state index in [0.29, 0.717) is 0 Å². The van der Waals surface area contributed by atoms with Gasteiger partial charge in [-0.05, 0) is 0 Å². The average Bonchev–Trinajstić information content (AvgIpc) is 3.54. The molecule has 0 bridgehead atoms. The molecule has 0 radical (unpaired) electrons. The lowest BCUT2D eigenvalue weighted by atomic mass is 9.94. The van der Waals surface area contributed by atoms with Crippen LogP contribution in [0.3, 0.4) is 0 Å². The lowest BCUT2D eigenvalue weighted by molar-refractivity contribution is -0.357. The molecule has 4 saturated heterocycles. The Balaban J connectivity index is 1.53. The highest BCUT2D eigenvalue weighted by Crippen LogP contribution is 2.40. The van der Waals surface area contributed by atoms with Gasteiger partial charge in [0.15, 0.2) is 30.1 Å². The van der Waals surface area contributed by atoms with Crippen LogP contribution in [0.15, 0.2) is 0 Å². The Labute approximate surface area is 254 Å². The van der Waals surface area contributed by atoms with E-state index in [9.17, 15) is 71.5 Å². The minimum Gasteiger partial charge on any atom is -0.394 e. The predicted molar refractivity (Wildman–Crippen MR) is 134 cm³/mol. The Morgan fingerprint density at radius 1 is 0.533 bits per heavy atom. The molecule has 0 aromatic rings. The molecule has 14 N–H and O–H groups in total. The molecule has 0 aliphatic carbocycles. The molecule has 4 aliphatic rings. The Hall–Kier alpha value is -0.840. The average molecular weight is 667 g/mol. The van der Waals surface area contributed by atoms with Gasteiger partial charge in [0.2, 0.25) is 5.79 Å². The largest absolute Gasteiger partial charge is 0.394 e. The first-order valence-corrected chi connectivity index (χ1v) is 14.0. The van der Waals surface area contributed by atoms with Gasteiger partial charge in [-0.1, -0.05) is 0 Å². The number of hydrogen-bond donors (Lipinski definition) is 14. The van der Waals surface area contributed by atoms with Crippen molar-refractivity contribution in [2.45, 2.75) is 103 Å². The summed E-state index contributed by atoms with van der Waals surface area (Å²) in [5.74, 6) is -2.41. The van der Waals surface area contributed by atoms with E-state index in [1.165, 1.54) is 0 Å². The molecule has 0 saturated carbocycles. The van der Waals surface area contributed by atoms with Gasteiger partial charge in [0, 0.05) is 0 Å². The first-order chi connectivity index (χ1) is 21.2. The molecule has 4 fully saturated rings. The van der Waals surface area contributed by atoms with E-state index in [2.05, 4.69) is 0 Å². The molecule has 4 rings (SSSR count). The number of hydrogen-bond acceptors (Lipinski definition) is 21. The summed E-state index contributed by atoms with van der Waals surface area (Å²) in [6.45, 7) is -6.66. The molecule has 4 aliphatic heterocycles. The lowest BCUT2D eigenvalue weighted by Crippen LogP contribution is -2.62.